The Morgan fingerprint density at radius 2 is 2.27 bits per heavy atom. The zero-order chi connectivity index (χ0) is 11.1. The molecule has 1 saturated carbocycles. The molecular formula is C9H13F3N2O. The molecule has 6 heteroatoms. The van der Waals surface area contributed by atoms with Crippen molar-refractivity contribution < 1.29 is 18.0 Å². The summed E-state index contributed by atoms with van der Waals surface area (Å²) in [4.78, 5) is 11.4. The lowest BCUT2D eigenvalue weighted by atomic mass is 10.0. The van der Waals surface area contributed by atoms with Crippen molar-refractivity contribution in [3.05, 3.63) is 0 Å². The Morgan fingerprint density at radius 1 is 1.53 bits per heavy atom. The molecule has 1 amide bonds. The van der Waals surface area contributed by atoms with E-state index in [1.165, 1.54) is 0 Å². The van der Waals surface area contributed by atoms with Crippen molar-refractivity contribution in [3.63, 3.8) is 0 Å². The number of nitrogens with one attached hydrogen (secondary N) is 2. The zero-order valence-corrected chi connectivity index (χ0v) is 8.16. The maximum absolute atomic E-state index is 11.8. The fourth-order valence-corrected chi connectivity index (χ4v) is 2.26. The molecule has 0 aromatic rings. The Labute approximate surface area is 85.4 Å². The van der Waals surface area contributed by atoms with Gasteiger partial charge in [0.05, 0.1) is 0 Å². The molecule has 2 unspecified atom stereocenters. The molecule has 2 aliphatic rings. The van der Waals surface area contributed by atoms with Crippen LogP contribution in [0.25, 0.3) is 0 Å². The van der Waals surface area contributed by atoms with Gasteiger partial charge in [-0.25, -0.2) is 0 Å². The van der Waals surface area contributed by atoms with Gasteiger partial charge < -0.3 is 10.6 Å². The van der Waals surface area contributed by atoms with E-state index in [4.69, 9.17) is 0 Å². The van der Waals surface area contributed by atoms with Crippen LogP contribution >= 0.6 is 0 Å². The number of hydrogen-bond donors (Lipinski definition) is 2. The van der Waals surface area contributed by atoms with Gasteiger partial charge in [-0.05, 0) is 24.8 Å². The third kappa shape index (κ3) is 2.25. The molecule has 1 spiro atoms. The van der Waals surface area contributed by atoms with Gasteiger partial charge in [0, 0.05) is 12.5 Å². The maximum Gasteiger partial charge on any atom is 0.405 e. The highest BCUT2D eigenvalue weighted by Crippen LogP contribution is 2.56. The number of hydrogen-bond acceptors (Lipinski definition) is 2. The molecule has 1 saturated heterocycles. The molecule has 2 N–H and O–H groups in total. The molecule has 1 aliphatic carbocycles. The van der Waals surface area contributed by atoms with Gasteiger partial charge in [0.15, 0.2) is 0 Å². The van der Waals surface area contributed by atoms with Crippen LogP contribution in [0.15, 0.2) is 0 Å². The fourth-order valence-electron chi connectivity index (χ4n) is 2.26. The quantitative estimate of drug-likeness (QED) is 0.720. The molecule has 0 aromatic heterocycles. The van der Waals surface area contributed by atoms with Crippen molar-refractivity contribution in [1.82, 2.24) is 10.6 Å². The van der Waals surface area contributed by atoms with Gasteiger partial charge in [0.25, 0.3) is 0 Å². The van der Waals surface area contributed by atoms with Crippen molar-refractivity contribution in [2.24, 2.45) is 11.3 Å². The molecule has 3 nitrogen and oxygen atoms in total. The normalized spacial score (nSPS) is 34.5. The van der Waals surface area contributed by atoms with Crippen LogP contribution in [-0.2, 0) is 4.79 Å². The van der Waals surface area contributed by atoms with E-state index in [-0.39, 0.29) is 11.3 Å². The summed E-state index contributed by atoms with van der Waals surface area (Å²) in [5.41, 5.74) is -0.0321. The van der Waals surface area contributed by atoms with Crippen LogP contribution in [0.1, 0.15) is 12.8 Å². The smallest absolute Gasteiger partial charge is 0.347 e. The summed E-state index contributed by atoms with van der Waals surface area (Å²) in [5.74, 6) is -0.661. The summed E-state index contributed by atoms with van der Waals surface area (Å²) in [6, 6.07) is 0. The number of carbonyl (C=O) groups excluding carboxylic acids is 1. The van der Waals surface area contributed by atoms with Crippen LogP contribution in [0.2, 0.25) is 0 Å². The molecule has 1 aliphatic heterocycles. The van der Waals surface area contributed by atoms with E-state index in [0.29, 0.717) is 0 Å². The second-order valence-electron chi connectivity index (χ2n) is 4.38. The molecule has 1 heterocycles. The number of rotatable bonds is 2. The summed E-state index contributed by atoms with van der Waals surface area (Å²) in [6.45, 7) is 0.409. The van der Waals surface area contributed by atoms with Crippen LogP contribution in [-0.4, -0.2) is 31.7 Å². The summed E-state index contributed by atoms with van der Waals surface area (Å²) >= 11 is 0. The van der Waals surface area contributed by atoms with E-state index < -0.39 is 18.6 Å². The average molecular weight is 222 g/mol. The van der Waals surface area contributed by atoms with Gasteiger partial charge >= 0.3 is 6.18 Å². The fraction of sp³-hybridized carbons (Fsp3) is 0.889. The first-order valence-electron chi connectivity index (χ1n) is 4.98. The number of amides is 1. The maximum atomic E-state index is 11.8. The average Bonchev–Trinajstić information content (AvgIpc) is 2.59. The predicted molar refractivity (Wildman–Crippen MR) is 47.1 cm³/mol. The molecule has 0 radical (unpaired) electrons. The second kappa shape index (κ2) is 3.37. The van der Waals surface area contributed by atoms with Crippen molar-refractivity contribution in [3.8, 4) is 0 Å². The highest BCUT2D eigenvalue weighted by atomic mass is 19.4. The van der Waals surface area contributed by atoms with Crippen LogP contribution in [0.3, 0.4) is 0 Å². The minimum atomic E-state index is -4.31. The minimum absolute atomic E-state index is 0.0321. The second-order valence-corrected chi connectivity index (χ2v) is 4.38. The highest BCUT2D eigenvalue weighted by Gasteiger charge is 2.59. The lowest BCUT2D eigenvalue weighted by molar-refractivity contribution is -0.139. The summed E-state index contributed by atoms with van der Waals surface area (Å²) in [5, 5.41) is 5.07. The monoisotopic (exact) mass is 222 g/mol. The predicted octanol–water partition coefficient (Wildman–Crippen LogP) is 0.664. The first-order chi connectivity index (χ1) is 6.93. The van der Waals surface area contributed by atoms with Crippen LogP contribution in [0.4, 0.5) is 13.2 Å². The Balaban J connectivity index is 1.79. The molecule has 86 valence electrons. The van der Waals surface area contributed by atoms with Crippen molar-refractivity contribution in [2.45, 2.75) is 19.0 Å². The minimum Gasteiger partial charge on any atom is -0.347 e. The van der Waals surface area contributed by atoms with E-state index in [1.54, 1.807) is 0 Å². The van der Waals surface area contributed by atoms with Crippen LogP contribution in [0, 0.1) is 11.3 Å². The van der Waals surface area contributed by atoms with Gasteiger partial charge in [-0.15, -0.1) is 0 Å². The van der Waals surface area contributed by atoms with E-state index in [9.17, 15) is 18.0 Å². The Bertz CT molecular complexity index is 271. The molecular weight excluding hydrogens is 209 g/mol. The van der Waals surface area contributed by atoms with Crippen LogP contribution < -0.4 is 10.6 Å². The third-order valence-corrected chi connectivity index (χ3v) is 3.25. The molecule has 15 heavy (non-hydrogen) atoms. The van der Waals surface area contributed by atoms with E-state index >= 15 is 0 Å². The van der Waals surface area contributed by atoms with Gasteiger partial charge in [-0.3, -0.25) is 4.79 Å². The first-order valence-corrected chi connectivity index (χ1v) is 4.98. The summed E-state index contributed by atoms with van der Waals surface area (Å²) < 4.78 is 35.5. The molecule has 2 rings (SSSR count). The Morgan fingerprint density at radius 3 is 2.80 bits per heavy atom. The zero-order valence-electron chi connectivity index (χ0n) is 8.16. The van der Waals surface area contributed by atoms with E-state index in [1.807, 2.05) is 5.32 Å². The SMILES string of the molecule is O=C(NCC(F)(F)F)C1CC12CCNC2. The Kier molecular flexibility index (Phi) is 2.41. The van der Waals surface area contributed by atoms with Crippen molar-refractivity contribution in [2.75, 3.05) is 19.6 Å². The first kappa shape index (κ1) is 10.7. The van der Waals surface area contributed by atoms with E-state index in [0.717, 1.165) is 25.9 Å². The molecule has 0 aromatic carbocycles. The summed E-state index contributed by atoms with van der Waals surface area (Å²) in [6.07, 6.45) is -2.69. The third-order valence-electron chi connectivity index (χ3n) is 3.25. The van der Waals surface area contributed by atoms with Gasteiger partial charge in [0.2, 0.25) is 5.91 Å². The number of alkyl halides is 3. The summed E-state index contributed by atoms with van der Waals surface area (Å²) in [7, 11) is 0. The molecule has 0 bridgehead atoms. The number of carbonyl (C=O) groups is 1. The van der Waals surface area contributed by atoms with Gasteiger partial charge in [0.1, 0.15) is 6.54 Å². The molecule has 2 fully saturated rings. The van der Waals surface area contributed by atoms with Gasteiger partial charge in [-0.2, -0.15) is 13.2 Å². The lowest BCUT2D eigenvalue weighted by Crippen LogP contribution is -2.36. The lowest BCUT2D eigenvalue weighted by Gasteiger charge is -2.10. The standard InChI is InChI=1S/C9H13F3N2O/c10-9(11,12)5-14-7(15)6-3-8(6)1-2-13-4-8/h6,13H,1-5H2,(H,14,15). The Hall–Kier alpha value is -0.780. The van der Waals surface area contributed by atoms with Crippen LogP contribution in [0.5, 0.6) is 0 Å². The number of halogens is 3. The molecule has 2 atom stereocenters. The van der Waals surface area contributed by atoms with E-state index in [2.05, 4.69) is 5.32 Å². The largest absolute Gasteiger partial charge is 0.405 e. The van der Waals surface area contributed by atoms with Crippen molar-refractivity contribution >= 4 is 5.91 Å². The van der Waals surface area contributed by atoms with Gasteiger partial charge in [-0.1, -0.05) is 0 Å². The highest BCUT2D eigenvalue weighted by molar-refractivity contribution is 5.82. The van der Waals surface area contributed by atoms with Crippen molar-refractivity contribution in [1.29, 1.82) is 0 Å². The topological polar surface area (TPSA) is 41.1 Å².